The Hall–Kier alpha value is -2.01. The highest BCUT2D eigenvalue weighted by molar-refractivity contribution is 5.76. The molecular weight excluding hydrogens is 284 g/mol. The molecule has 2 aromatic rings. The molecule has 10 heteroatoms. The Kier molecular flexibility index (Phi) is 3.17. The largest absolute Gasteiger partial charge is 0.394 e. The molecule has 0 amide bonds. The van der Waals surface area contributed by atoms with E-state index in [1.54, 1.807) is 0 Å². The molecule has 114 valence electrons. The van der Waals surface area contributed by atoms with E-state index in [0.29, 0.717) is 0 Å². The normalized spacial score (nSPS) is 29.3. The third-order valence-corrected chi connectivity index (χ3v) is 3.57. The van der Waals surface area contributed by atoms with Crippen molar-refractivity contribution >= 4 is 11.0 Å². The predicted octanol–water partition coefficient (Wildman–Crippen LogP) is -2.90. The van der Waals surface area contributed by atoms with Crippen molar-refractivity contribution in [1.29, 1.82) is 0 Å². The minimum absolute atomic E-state index is 0.113. The van der Waals surface area contributed by atoms with Crippen LogP contribution >= 0.6 is 0 Å². The van der Waals surface area contributed by atoms with Crippen LogP contribution in [0, 0.1) is 0 Å². The van der Waals surface area contributed by atoms with Gasteiger partial charge in [-0.1, -0.05) is 0 Å². The number of H-pyrrole nitrogens is 2. The van der Waals surface area contributed by atoms with Gasteiger partial charge in [0.2, 0.25) is 0 Å². The molecule has 0 spiro atoms. The summed E-state index contributed by atoms with van der Waals surface area (Å²) in [7, 11) is 1.50. The molecule has 1 aliphatic rings. The van der Waals surface area contributed by atoms with E-state index in [1.807, 2.05) is 0 Å². The monoisotopic (exact) mass is 298 g/mol. The molecule has 10 nitrogen and oxygen atoms in total. The second-order valence-electron chi connectivity index (χ2n) is 4.90. The number of nitrogens with zero attached hydrogens (tertiary/aromatic N) is 2. The number of ether oxygens (including phenoxy) is 1. The minimum atomic E-state index is -1.33. The molecule has 4 atom stereocenters. The fourth-order valence-corrected chi connectivity index (χ4v) is 2.56. The average molecular weight is 298 g/mol. The number of aryl methyl sites for hydroxylation is 1. The first-order valence-electron chi connectivity index (χ1n) is 6.25. The lowest BCUT2D eigenvalue weighted by atomic mass is 10.1. The highest BCUT2D eigenvalue weighted by Crippen LogP contribution is 2.34. The molecule has 0 aromatic carbocycles. The summed E-state index contributed by atoms with van der Waals surface area (Å²) >= 11 is 0. The third-order valence-electron chi connectivity index (χ3n) is 3.57. The summed E-state index contributed by atoms with van der Waals surface area (Å²) in [6.45, 7) is -0.476. The van der Waals surface area contributed by atoms with Gasteiger partial charge in [0.05, 0.1) is 12.1 Å². The van der Waals surface area contributed by atoms with Crippen LogP contribution in [0.2, 0.25) is 0 Å². The molecule has 3 heterocycles. The highest BCUT2D eigenvalue weighted by Gasteiger charge is 2.45. The van der Waals surface area contributed by atoms with Crippen LogP contribution in [-0.4, -0.2) is 60.0 Å². The first-order valence-corrected chi connectivity index (χ1v) is 6.25. The Morgan fingerprint density at radius 3 is 2.62 bits per heavy atom. The summed E-state index contributed by atoms with van der Waals surface area (Å²) < 4.78 is 6.61. The van der Waals surface area contributed by atoms with Gasteiger partial charge in [-0.2, -0.15) is 5.10 Å². The summed E-state index contributed by atoms with van der Waals surface area (Å²) in [6.07, 6.45) is -4.64. The number of hydrogen-bond donors (Lipinski definition) is 5. The number of aliphatic hydroxyl groups is 3. The highest BCUT2D eigenvalue weighted by atomic mass is 16.6. The summed E-state index contributed by atoms with van der Waals surface area (Å²) in [4.78, 5) is 27.7. The minimum Gasteiger partial charge on any atom is -0.394 e. The van der Waals surface area contributed by atoms with Gasteiger partial charge < -0.3 is 25.0 Å². The molecule has 1 saturated heterocycles. The first kappa shape index (κ1) is 13.9. The second kappa shape index (κ2) is 4.77. The molecule has 0 saturated carbocycles. The van der Waals surface area contributed by atoms with Crippen LogP contribution in [0.1, 0.15) is 11.8 Å². The van der Waals surface area contributed by atoms with Crippen LogP contribution in [0.15, 0.2) is 9.59 Å². The van der Waals surface area contributed by atoms with Crippen molar-refractivity contribution in [2.45, 2.75) is 24.4 Å². The van der Waals surface area contributed by atoms with E-state index in [-0.39, 0.29) is 16.7 Å². The molecule has 0 bridgehead atoms. The molecule has 0 radical (unpaired) electrons. The molecule has 5 N–H and O–H groups in total. The Morgan fingerprint density at radius 1 is 1.29 bits per heavy atom. The van der Waals surface area contributed by atoms with Crippen molar-refractivity contribution in [2.75, 3.05) is 6.61 Å². The van der Waals surface area contributed by atoms with Gasteiger partial charge in [-0.05, 0) is 0 Å². The molecule has 21 heavy (non-hydrogen) atoms. The van der Waals surface area contributed by atoms with E-state index in [0.717, 1.165) is 0 Å². The summed E-state index contributed by atoms with van der Waals surface area (Å²) in [5.74, 6) is 0. The van der Waals surface area contributed by atoms with Crippen molar-refractivity contribution in [1.82, 2.24) is 19.7 Å². The van der Waals surface area contributed by atoms with Crippen molar-refractivity contribution in [3.63, 3.8) is 0 Å². The number of aliphatic hydroxyl groups excluding tert-OH is 3. The maximum atomic E-state index is 11.8. The Bertz CT molecular complexity index is 792. The molecule has 0 aliphatic carbocycles. The predicted molar refractivity (Wildman–Crippen MR) is 68.7 cm³/mol. The van der Waals surface area contributed by atoms with Gasteiger partial charge >= 0.3 is 5.69 Å². The van der Waals surface area contributed by atoms with Crippen molar-refractivity contribution < 1.29 is 20.1 Å². The summed E-state index contributed by atoms with van der Waals surface area (Å²) in [6, 6.07) is 0. The van der Waals surface area contributed by atoms with Crippen LogP contribution in [-0.2, 0) is 11.8 Å². The number of rotatable bonds is 2. The van der Waals surface area contributed by atoms with Crippen LogP contribution in [0.25, 0.3) is 11.0 Å². The zero-order chi connectivity index (χ0) is 15.3. The van der Waals surface area contributed by atoms with Crippen LogP contribution in [0.4, 0.5) is 0 Å². The van der Waals surface area contributed by atoms with E-state index < -0.39 is 42.3 Å². The van der Waals surface area contributed by atoms with Crippen LogP contribution < -0.4 is 11.2 Å². The third kappa shape index (κ3) is 2.00. The number of hydrogen-bond acceptors (Lipinski definition) is 7. The lowest BCUT2D eigenvalue weighted by Gasteiger charge is -2.12. The van der Waals surface area contributed by atoms with E-state index in [1.165, 1.54) is 11.7 Å². The maximum Gasteiger partial charge on any atom is 0.326 e. The van der Waals surface area contributed by atoms with Gasteiger partial charge in [0, 0.05) is 7.05 Å². The van der Waals surface area contributed by atoms with E-state index in [9.17, 15) is 19.8 Å². The first-order chi connectivity index (χ1) is 9.93. The second-order valence-corrected chi connectivity index (χ2v) is 4.90. The number of fused-ring (bicyclic) bond motifs is 1. The zero-order valence-electron chi connectivity index (χ0n) is 11.0. The summed E-state index contributed by atoms with van der Waals surface area (Å²) in [5.41, 5.74) is -0.975. The average Bonchev–Trinajstić information content (AvgIpc) is 2.89. The smallest absolute Gasteiger partial charge is 0.326 e. The fraction of sp³-hybridized carbons (Fsp3) is 0.545. The Balaban J connectivity index is 2.18. The Labute approximate surface area is 116 Å². The van der Waals surface area contributed by atoms with E-state index in [4.69, 9.17) is 9.84 Å². The summed E-state index contributed by atoms with van der Waals surface area (Å²) in [5, 5.41) is 32.9. The van der Waals surface area contributed by atoms with Gasteiger partial charge in [0.25, 0.3) is 5.56 Å². The maximum absolute atomic E-state index is 11.8. The standard InChI is InChI=1S/C11H14N4O6/c1-15-6-4(12-11(20)13-10(6)19)5(14-15)9-8(18)7(17)3(2-16)21-9/h3,7-9,16-18H,2H2,1H3,(H2,12,13,19,20)/t3-,7-,8-,9?/m1/s1. The Morgan fingerprint density at radius 2 is 2.00 bits per heavy atom. The molecule has 1 unspecified atom stereocenters. The molecular formula is C11H14N4O6. The lowest BCUT2D eigenvalue weighted by Crippen LogP contribution is -2.32. The van der Waals surface area contributed by atoms with Crippen LogP contribution in [0.3, 0.4) is 0 Å². The molecule has 1 aliphatic heterocycles. The zero-order valence-corrected chi connectivity index (χ0v) is 11.0. The van der Waals surface area contributed by atoms with E-state index >= 15 is 0 Å². The molecule has 3 rings (SSSR count). The van der Waals surface area contributed by atoms with Gasteiger partial charge in [0.15, 0.2) is 0 Å². The topological polar surface area (TPSA) is 153 Å². The number of nitrogens with one attached hydrogen (secondary N) is 2. The van der Waals surface area contributed by atoms with Crippen molar-refractivity contribution in [3.05, 3.63) is 26.5 Å². The molecule has 1 fully saturated rings. The lowest BCUT2D eigenvalue weighted by molar-refractivity contribution is -0.0237. The fourth-order valence-electron chi connectivity index (χ4n) is 2.56. The van der Waals surface area contributed by atoms with Gasteiger partial charge in [0.1, 0.15) is 35.6 Å². The quantitative estimate of drug-likeness (QED) is 0.398. The number of aromatic nitrogens is 4. The van der Waals surface area contributed by atoms with E-state index in [2.05, 4.69) is 15.1 Å². The van der Waals surface area contributed by atoms with Gasteiger partial charge in [-0.15, -0.1) is 0 Å². The van der Waals surface area contributed by atoms with Crippen LogP contribution in [0.5, 0.6) is 0 Å². The van der Waals surface area contributed by atoms with Gasteiger partial charge in [-0.3, -0.25) is 14.5 Å². The number of aromatic amines is 2. The van der Waals surface area contributed by atoms with Crippen molar-refractivity contribution in [3.8, 4) is 0 Å². The molecule has 2 aromatic heterocycles. The van der Waals surface area contributed by atoms with Gasteiger partial charge in [-0.25, -0.2) is 4.79 Å². The SMILES string of the molecule is Cn1nc(C2O[C@H](CO)[C@@H](O)[C@H]2O)c2[nH]c(=O)[nH]c(=O)c21. The van der Waals surface area contributed by atoms with Crippen molar-refractivity contribution in [2.24, 2.45) is 7.05 Å².